The highest BCUT2D eigenvalue weighted by Crippen LogP contribution is 2.34. The SMILES string of the molecule is CCOc1cc2c(cc1OCC)CN(C(=O)Cc1c(C)nc3nc(N)nn3c1C)CC2. The van der Waals surface area contributed by atoms with E-state index in [1.807, 2.05) is 44.7 Å². The number of ether oxygens (including phenoxy) is 2. The van der Waals surface area contributed by atoms with E-state index in [2.05, 4.69) is 15.1 Å². The summed E-state index contributed by atoms with van der Waals surface area (Å²) in [5.74, 6) is 2.16. The second-order valence-corrected chi connectivity index (χ2v) is 7.62. The molecule has 0 spiro atoms. The maximum Gasteiger partial charge on any atom is 0.254 e. The average Bonchev–Trinajstić information content (AvgIpc) is 3.11. The summed E-state index contributed by atoms with van der Waals surface area (Å²) in [5.41, 5.74) is 10.5. The molecule has 1 aliphatic rings. The van der Waals surface area contributed by atoms with Crippen molar-refractivity contribution in [3.8, 4) is 11.5 Å². The molecular formula is C22H28N6O3. The van der Waals surface area contributed by atoms with Crippen LogP contribution in [-0.2, 0) is 24.2 Å². The van der Waals surface area contributed by atoms with Gasteiger partial charge in [-0.2, -0.15) is 9.50 Å². The standard InChI is InChI=1S/C22H28N6O3/c1-5-30-18-9-15-7-8-27(12-16(15)10-19(18)31-6-2)20(29)11-17-13(3)24-22-25-21(23)26-28(22)14(17)4/h9-10H,5-8,11-12H2,1-4H3,(H2,23,26). The topological polar surface area (TPSA) is 108 Å². The van der Waals surface area contributed by atoms with Gasteiger partial charge in [0.25, 0.3) is 5.78 Å². The summed E-state index contributed by atoms with van der Waals surface area (Å²) < 4.78 is 13.1. The number of amides is 1. The van der Waals surface area contributed by atoms with Crippen LogP contribution in [0.1, 0.15) is 41.9 Å². The van der Waals surface area contributed by atoms with Gasteiger partial charge >= 0.3 is 0 Å². The minimum absolute atomic E-state index is 0.0536. The summed E-state index contributed by atoms with van der Waals surface area (Å²) in [6, 6.07) is 4.05. The fourth-order valence-corrected chi connectivity index (χ4v) is 4.06. The molecule has 164 valence electrons. The van der Waals surface area contributed by atoms with Gasteiger partial charge in [-0.05, 0) is 57.4 Å². The van der Waals surface area contributed by atoms with Gasteiger partial charge in [-0.25, -0.2) is 4.98 Å². The number of nitrogens with two attached hydrogens (primary N) is 1. The van der Waals surface area contributed by atoms with Crippen molar-refractivity contribution in [2.45, 2.75) is 47.1 Å². The molecule has 2 N–H and O–H groups in total. The fraction of sp³-hybridized carbons (Fsp3) is 0.455. The number of rotatable bonds is 6. The molecule has 1 amide bonds. The quantitative estimate of drug-likeness (QED) is 0.646. The Morgan fingerprint density at radius 1 is 1.10 bits per heavy atom. The largest absolute Gasteiger partial charge is 0.490 e. The lowest BCUT2D eigenvalue weighted by Crippen LogP contribution is -2.37. The highest BCUT2D eigenvalue weighted by atomic mass is 16.5. The van der Waals surface area contributed by atoms with Gasteiger partial charge in [0.2, 0.25) is 11.9 Å². The Bertz CT molecular complexity index is 1140. The molecule has 0 saturated carbocycles. The minimum Gasteiger partial charge on any atom is -0.490 e. The maximum atomic E-state index is 13.2. The maximum absolute atomic E-state index is 13.2. The van der Waals surface area contributed by atoms with Crippen LogP contribution in [0.3, 0.4) is 0 Å². The van der Waals surface area contributed by atoms with Crippen LogP contribution in [0.5, 0.6) is 11.5 Å². The van der Waals surface area contributed by atoms with Crippen molar-refractivity contribution < 1.29 is 14.3 Å². The van der Waals surface area contributed by atoms with Crippen molar-refractivity contribution in [2.24, 2.45) is 0 Å². The molecule has 0 unspecified atom stereocenters. The molecular weight excluding hydrogens is 396 g/mol. The summed E-state index contributed by atoms with van der Waals surface area (Å²) in [6.07, 6.45) is 1.04. The molecule has 31 heavy (non-hydrogen) atoms. The molecule has 3 heterocycles. The highest BCUT2D eigenvalue weighted by Gasteiger charge is 2.25. The van der Waals surface area contributed by atoms with Crippen LogP contribution in [0.4, 0.5) is 5.95 Å². The Balaban J connectivity index is 1.57. The first-order chi connectivity index (χ1) is 14.9. The molecule has 0 fully saturated rings. The highest BCUT2D eigenvalue weighted by molar-refractivity contribution is 5.79. The summed E-state index contributed by atoms with van der Waals surface area (Å²) in [7, 11) is 0. The van der Waals surface area contributed by atoms with Gasteiger partial charge in [-0.1, -0.05) is 0 Å². The number of nitrogens with zero attached hydrogens (tertiary/aromatic N) is 5. The Hall–Kier alpha value is -3.36. The van der Waals surface area contributed by atoms with Gasteiger partial charge in [0.1, 0.15) is 0 Å². The average molecular weight is 425 g/mol. The number of carbonyl (C=O) groups is 1. The van der Waals surface area contributed by atoms with Crippen LogP contribution in [0.15, 0.2) is 12.1 Å². The zero-order valence-corrected chi connectivity index (χ0v) is 18.4. The van der Waals surface area contributed by atoms with Crippen LogP contribution in [0, 0.1) is 13.8 Å². The van der Waals surface area contributed by atoms with Crippen LogP contribution in [-0.4, -0.2) is 50.1 Å². The smallest absolute Gasteiger partial charge is 0.254 e. The Morgan fingerprint density at radius 3 is 2.45 bits per heavy atom. The second-order valence-electron chi connectivity index (χ2n) is 7.62. The number of carbonyl (C=O) groups excluding carboxylic acids is 1. The van der Waals surface area contributed by atoms with E-state index in [1.165, 1.54) is 5.56 Å². The van der Waals surface area contributed by atoms with Crippen LogP contribution < -0.4 is 15.2 Å². The number of nitrogen functional groups attached to an aromatic ring is 1. The van der Waals surface area contributed by atoms with Gasteiger partial charge in [0.15, 0.2) is 11.5 Å². The Kier molecular flexibility index (Phi) is 5.67. The van der Waals surface area contributed by atoms with E-state index in [0.29, 0.717) is 32.1 Å². The van der Waals surface area contributed by atoms with E-state index in [-0.39, 0.29) is 18.3 Å². The first kappa shape index (κ1) is 20.9. The van der Waals surface area contributed by atoms with E-state index in [4.69, 9.17) is 15.2 Å². The van der Waals surface area contributed by atoms with Crippen LogP contribution >= 0.6 is 0 Å². The second kappa shape index (κ2) is 8.41. The summed E-state index contributed by atoms with van der Waals surface area (Å²) in [6.45, 7) is 10.0. The van der Waals surface area contributed by atoms with E-state index >= 15 is 0 Å². The predicted molar refractivity (Wildman–Crippen MR) is 116 cm³/mol. The number of hydrogen-bond donors (Lipinski definition) is 1. The van der Waals surface area contributed by atoms with Crippen molar-refractivity contribution >= 4 is 17.6 Å². The van der Waals surface area contributed by atoms with Crippen molar-refractivity contribution in [1.29, 1.82) is 0 Å². The van der Waals surface area contributed by atoms with Crippen molar-refractivity contribution in [1.82, 2.24) is 24.5 Å². The number of benzene rings is 1. The number of aromatic nitrogens is 4. The lowest BCUT2D eigenvalue weighted by molar-refractivity contribution is -0.131. The number of anilines is 1. The van der Waals surface area contributed by atoms with E-state index in [1.54, 1.807) is 4.52 Å². The molecule has 9 heteroatoms. The third-order valence-corrected chi connectivity index (χ3v) is 5.62. The van der Waals surface area contributed by atoms with Crippen LogP contribution in [0.2, 0.25) is 0 Å². The predicted octanol–water partition coefficient (Wildman–Crippen LogP) is 2.25. The van der Waals surface area contributed by atoms with Gasteiger partial charge in [-0.15, -0.1) is 5.10 Å². The van der Waals surface area contributed by atoms with Crippen LogP contribution in [0.25, 0.3) is 5.78 Å². The number of fused-ring (bicyclic) bond motifs is 2. The molecule has 2 aromatic heterocycles. The zero-order valence-electron chi connectivity index (χ0n) is 18.4. The number of hydrogen-bond acceptors (Lipinski definition) is 7. The van der Waals surface area contributed by atoms with E-state index in [9.17, 15) is 4.79 Å². The van der Waals surface area contributed by atoms with Gasteiger partial charge in [-0.3, -0.25) is 4.79 Å². The zero-order chi connectivity index (χ0) is 22.1. The molecule has 0 bridgehead atoms. The monoisotopic (exact) mass is 424 g/mol. The first-order valence-electron chi connectivity index (χ1n) is 10.6. The molecule has 0 atom stereocenters. The summed E-state index contributed by atoms with van der Waals surface area (Å²) in [4.78, 5) is 23.6. The lowest BCUT2D eigenvalue weighted by atomic mass is 9.98. The molecule has 9 nitrogen and oxygen atoms in total. The van der Waals surface area contributed by atoms with E-state index < -0.39 is 0 Å². The first-order valence-corrected chi connectivity index (χ1v) is 10.6. The van der Waals surface area contributed by atoms with Gasteiger partial charge in [0, 0.05) is 30.0 Å². The Labute approximate surface area is 181 Å². The normalized spacial score (nSPS) is 13.4. The van der Waals surface area contributed by atoms with Crippen molar-refractivity contribution in [3.05, 3.63) is 40.2 Å². The third kappa shape index (κ3) is 3.99. The minimum atomic E-state index is 0.0536. The number of aryl methyl sites for hydroxylation is 2. The van der Waals surface area contributed by atoms with Gasteiger partial charge < -0.3 is 20.1 Å². The molecule has 3 aromatic rings. The molecule has 0 radical (unpaired) electrons. The Morgan fingerprint density at radius 2 is 1.77 bits per heavy atom. The fourth-order valence-electron chi connectivity index (χ4n) is 4.06. The van der Waals surface area contributed by atoms with E-state index in [0.717, 1.165) is 40.4 Å². The molecule has 1 aromatic carbocycles. The third-order valence-electron chi connectivity index (χ3n) is 5.62. The lowest BCUT2D eigenvalue weighted by Gasteiger charge is -2.30. The molecule has 0 aliphatic carbocycles. The van der Waals surface area contributed by atoms with Crippen molar-refractivity contribution in [2.75, 3.05) is 25.5 Å². The summed E-state index contributed by atoms with van der Waals surface area (Å²) >= 11 is 0. The molecule has 1 aliphatic heterocycles. The molecule has 4 rings (SSSR count). The summed E-state index contributed by atoms with van der Waals surface area (Å²) in [5, 5.41) is 4.18. The molecule has 0 saturated heterocycles. The van der Waals surface area contributed by atoms with Gasteiger partial charge in [0.05, 0.1) is 19.6 Å². The van der Waals surface area contributed by atoms with Crippen molar-refractivity contribution in [3.63, 3.8) is 0 Å².